The van der Waals surface area contributed by atoms with E-state index in [0.717, 1.165) is 50.7 Å². The number of terminal acetylenes is 1. The Morgan fingerprint density at radius 3 is 2.69 bits per heavy atom. The second-order valence-corrected chi connectivity index (χ2v) is 12.6. The highest BCUT2D eigenvalue weighted by Gasteiger charge is 2.63. The third-order valence-electron chi connectivity index (χ3n) is 9.99. The molecule has 0 aliphatic heterocycles. The van der Waals surface area contributed by atoms with Crippen LogP contribution in [-0.4, -0.2) is 58.1 Å². The fraction of sp³-hybridized carbons (Fsp3) is 0.750. The van der Waals surface area contributed by atoms with Crippen LogP contribution in [0.4, 0.5) is 0 Å². The summed E-state index contributed by atoms with van der Waals surface area (Å²) in [7, 11) is 0. The van der Waals surface area contributed by atoms with Crippen LogP contribution in [0.3, 0.4) is 0 Å². The summed E-state index contributed by atoms with van der Waals surface area (Å²) in [6.07, 6.45) is 17.9. The molecule has 0 unspecified atom stereocenters. The first-order valence-corrected chi connectivity index (χ1v) is 14.6. The van der Waals surface area contributed by atoms with Gasteiger partial charge in [0.2, 0.25) is 0 Å². The predicted molar refractivity (Wildman–Crippen MR) is 141 cm³/mol. The molecule has 3 saturated carbocycles. The molecule has 198 valence electrons. The Morgan fingerprint density at radius 2 is 2.00 bits per heavy atom. The minimum atomic E-state index is -1.04. The lowest BCUT2D eigenvalue weighted by molar-refractivity contribution is -0.142. The van der Waals surface area contributed by atoms with Crippen molar-refractivity contribution in [2.45, 2.75) is 83.3 Å². The van der Waals surface area contributed by atoms with E-state index >= 15 is 0 Å². The molecule has 0 aromatic carbocycles. The number of carbonyl (C=O) groups is 2. The van der Waals surface area contributed by atoms with Gasteiger partial charge in [-0.05, 0) is 99.0 Å². The van der Waals surface area contributed by atoms with E-state index in [4.69, 9.17) is 11.3 Å². The number of allylic oxidation sites excluding steroid dienone is 2. The molecule has 0 spiro atoms. The maximum atomic E-state index is 12.2. The van der Waals surface area contributed by atoms with E-state index < -0.39 is 23.5 Å². The van der Waals surface area contributed by atoms with Crippen molar-refractivity contribution >= 4 is 29.4 Å². The Balaban J connectivity index is 1.38. The Labute approximate surface area is 218 Å². The lowest BCUT2D eigenvalue weighted by Crippen LogP contribution is -2.54. The molecule has 0 heterocycles. The van der Waals surface area contributed by atoms with Gasteiger partial charge in [-0.15, -0.1) is 6.42 Å². The second kappa shape index (κ2) is 10.4. The summed E-state index contributed by atoms with van der Waals surface area (Å²) in [6, 6.07) is -0.914. The van der Waals surface area contributed by atoms with Crippen LogP contribution in [0.1, 0.15) is 71.6 Å². The lowest BCUT2D eigenvalue weighted by atomic mass is 9.46. The van der Waals surface area contributed by atoms with Crippen molar-refractivity contribution in [3.05, 3.63) is 11.6 Å². The summed E-state index contributed by atoms with van der Waals surface area (Å²) in [6.45, 7) is 4.32. The van der Waals surface area contributed by atoms with E-state index in [1.807, 2.05) is 6.26 Å². The fourth-order valence-electron chi connectivity index (χ4n) is 7.80. The summed E-state index contributed by atoms with van der Waals surface area (Å²) in [5, 5.41) is 27.2. The van der Waals surface area contributed by atoms with E-state index in [-0.39, 0.29) is 17.4 Å². The predicted octanol–water partition coefficient (Wildman–Crippen LogP) is 4.01. The number of thioether (sulfide) groups is 1. The molecule has 0 aromatic heterocycles. The van der Waals surface area contributed by atoms with Gasteiger partial charge in [0.1, 0.15) is 11.6 Å². The van der Waals surface area contributed by atoms with Crippen molar-refractivity contribution in [1.82, 2.24) is 5.32 Å². The van der Waals surface area contributed by atoms with Crippen LogP contribution >= 0.6 is 11.8 Å². The molecule has 7 nitrogen and oxygen atoms in total. The van der Waals surface area contributed by atoms with Gasteiger partial charge < -0.3 is 20.4 Å². The molecule has 0 saturated heterocycles. The van der Waals surface area contributed by atoms with Crippen LogP contribution in [0.2, 0.25) is 0 Å². The Bertz CT molecular complexity index is 989. The van der Waals surface area contributed by atoms with Crippen LogP contribution in [0.15, 0.2) is 16.8 Å². The van der Waals surface area contributed by atoms with Crippen LogP contribution in [-0.2, 0) is 14.4 Å². The molecule has 0 bridgehead atoms. The third-order valence-corrected chi connectivity index (χ3v) is 10.6. The zero-order chi connectivity index (χ0) is 26.1. The van der Waals surface area contributed by atoms with E-state index in [1.54, 1.807) is 0 Å². The first kappa shape index (κ1) is 27.1. The second-order valence-electron chi connectivity index (χ2n) is 11.6. The number of amides is 1. The Hall–Kier alpha value is -1.98. The van der Waals surface area contributed by atoms with Gasteiger partial charge in [-0.3, -0.25) is 4.79 Å². The van der Waals surface area contributed by atoms with Crippen LogP contribution in [0.25, 0.3) is 0 Å². The van der Waals surface area contributed by atoms with Crippen molar-refractivity contribution in [3.63, 3.8) is 0 Å². The van der Waals surface area contributed by atoms with E-state index in [9.17, 15) is 19.8 Å². The smallest absolute Gasteiger partial charge is 0.326 e. The van der Waals surface area contributed by atoms with Crippen LogP contribution in [0, 0.1) is 40.9 Å². The Kier molecular flexibility index (Phi) is 7.83. The molecule has 4 aliphatic carbocycles. The molecule has 3 N–H and O–H groups in total. The summed E-state index contributed by atoms with van der Waals surface area (Å²) < 4.78 is 0. The number of nitrogens with zero attached hydrogens (tertiary/aromatic N) is 1. The van der Waals surface area contributed by atoms with Crippen molar-refractivity contribution in [2.24, 2.45) is 33.7 Å². The lowest BCUT2D eigenvalue weighted by Gasteiger charge is -2.58. The van der Waals surface area contributed by atoms with Gasteiger partial charge in [0.15, 0.2) is 6.61 Å². The normalized spacial score (nSPS) is 39.1. The van der Waals surface area contributed by atoms with Crippen molar-refractivity contribution in [2.75, 3.05) is 18.6 Å². The van der Waals surface area contributed by atoms with Gasteiger partial charge in [-0.25, -0.2) is 4.79 Å². The average molecular weight is 517 g/mol. The summed E-state index contributed by atoms with van der Waals surface area (Å²) in [5.74, 6) is 3.53. The topological polar surface area (TPSA) is 108 Å². The summed E-state index contributed by atoms with van der Waals surface area (Å²) in [5.41, 5.74) is 1.21. The third kappa shape index (κ3) is 4.69. The minimum Gasteiger partial charge on any atom is -0.480 e. The first-order valence-electron chi connectivity index (χ1n) is 13.2. The van der Waals surface area contributed by atoms with Crippen LogP contribution < -0.4 is 5.32 Å². The van der Waals surface area contributed by atoms with Gasteiger partial charge >= 0.3 is 5.97 Å². The zero-order valence-electron chi connectivity index (χ0n) is 21.7. The van der Waals surface area contributed by atoms with Gasteiger partial charge in [-0.2, -0.15) is 11.8 Å². The maximum absolute atomic E-state index is 12.2. The standard InChI is InChI=1S/C28H40N2O5S/c1-5-28(34)14-10-22-20-7-6-18-16-19(8-12-26(18,2)21(20)9-13-27(22,28)3)30-35-17-24(31)29-23(25(32)33)11-15-36-4/h1,16,20-23,34H,6-15,17H2,2-4H3,(H,29,31)(H,32,33)/b30-19+/t20-,21+,22+,23-,26+,27+,28-/m1/s1. The molecule has 0 radical (unpaired) electrons. The fourth-order valence-corrected chi connectivity index (χ4v) is 8.27. The maximum Gasteiger partial charge on any atom is 0.326 e. The van der Waals surface area contributed by atoms with Crippen molar-refractivity contribution in [3.8, 4) is 12.3 Å². The molecule has 7 atom stereocenters. The summed E-state index contributed by atoms with van der Waals surface area (Å²) in [4.78, 5) is 28.8. The van der Waals surface area contributed by atoms with Gasteiger partial charge in [0.05, 0.1) is 5.71 Å². The molecule has 4 aliphatic rings. The van der Waals surface area contributed by atoms with Crippen LogP contribution in [0.5, 0.6) is 0 Å². The number of aliphatic hydroxyl groups is 1. The van der Waals surface area contributed by atoms with Crippen molar-refractivity contribution < 1.29 is 24.6 Å². The zero-order valence-corrected chi connectivity index (χ0v) is 22.5. The summed E-state index contributed by atoms with van der Waals surface area (Å²) >= 11 is 1.54. The number of nitrogens with one attached hydrogen (secondary N) is 1. The average Bonchev–Trinajstić information content (AvgIpc) is 3.12. The number of carboxylic acid groups (broad SMARTS) is 1. The van der Waals surface area contributed by atoms with Gasteiger partial charge in [-0.1, -0.05) is 30.5 Å². The quantitative estimate of drug-likeness (QED) is 0.332. The molecular weight excluding hydrogens is 476 g/mol. The number of carbonyl (C=O) groups excluding carboxylic acids is 1. The monoisotopic (exact) mass is 516 g/mol. The van der Waals surface area contributed by atoms with Gasteiger partial charge in [0, 0.05) is 5.41 Å². The number of aliphatic carboxylic acids is 1. The van der Waals surface area contributed by atoms with Crippen molar-refractivity contribution in [1.29, 1.82) is 0 Å². The van der Waals surface area contributed by atoms with E-state index in [2.05, 4.69) is 36.3 Å². The molecule has 0 aromatic rings. The highest BCUT2D eigenvalue weighted by molar-refractivity contribution is 7.98. The number of carboxylic acids is 1. The van der Waals surface area contributed by atoms with E-state index in [0.29, 0.717) is 36.3 Å². The molecule has 1 amide bonds. The number of oxime groups is 1. The molecule has 36 heavy (non-hydrogen) atoms. The van der Waals surface area contributed by atoms with Gasteiger partial charge in [0.25, 0.3) is 5.91 Å². The largest absolute Gasteiger partial charge is 0.480 e. The minimum absolute atomic E-state index is 0.115. The number of hydrogen-bond donors (Lipinski definition) is 3. The Morgan fingerprint density at radius 1 is 1.25 bits per heavy atom. The van der Waals surface area contributed by atoms with E-state index in [1.165, 1.54) is 17.3 Å². The highest BCUT2D eigenvalue weighted by atomic mass is 32.2. The molecular formula is C28H40N2O5S. The first-order chi connectivity index (χ1) is 17.1. The SMILES string of the molecule is C#C[C@@]1(O)CC[C@H]2[C@@H]3CCC4=C/C(=N/OCC(=O)N[C@H](CCSC)C(=O)O)CC[C@]4(C)[C@H]3CC[C@@]21C. The number of fused-ring (bicyclic) bond motifs is 5. The number of rotatable bonds is 8. The number of hydrogen-bond acceptors (Lipinski definition) is 6. The molecule has 3 fully saturated rings. The highest BCUT2D eigenvalue weighted by Crippen LogP contribution is 2.67. The molecule has 4 rings (SSSR count). The molecule has 8 heteroatoms.